The Bertz CT molecular complexity index is 531. The van der Waals surface area contributed by atoms with Crippen LogP contribution >= 0.6 is 12.4 Å². The van der Waals surface area contributed by atoms with Crippen LogP contribution in [0.3, 0.4) is 0 Å². The maximum absolute atomic E-state index is 14.0. The molecule has 1 aromatic rings. The molecule has 0 bridgehead atoms. The van der Waals surface area contributed by atoms with E-state index < -0.39 is 5.82 Å². The molecule has 1 amide bonds. The van der Waals surface area contributed by atoms with Gasteiger partial charge in [0.15, 0.2) is 11.6 Å². The Morgan fingerprint density at radius 2 is 2.17 bits per heavy atom. The number of carbonyl (C=O) groups excluding carboxylic acids is 1. The largest absolute Gasteiger partial charge is 0.487 e. The molecule has 2 aliphatic rings. The Labute approximate surface area is 142 Å². The Balaban J connectivity index is 0.00000192. The summed E-state index contributed by atoms with van der Waals surface area (Å²) in [5.74, 6) is 0.393. The average Bonchev–Trinajstić information content (AvgIpc) is 2.95. The van der Waals surface area contributed by atoms with Crippen LogP contribution < -0.4 is 15.4 Å². The van der Waals surface area contributed by atoms with Gasteiger partial charge in [-0.2, -0.15) is 0 Å². The van der Waals surface area contributed by atoms with Gasteiger partial charge in [0.25, 0.3) is 0 Å². The highest BCUT2D eigenvalue weighted by molar-refractivity contribution is 5.90. The van der Waals surface area contributed by atoms with Crippen LogP contribution in [0.4, 0.5) is 10.1 Å². The maximum Gasteiger partial charge on any atom is 0.224 e. The summed E-state index contributed by atoms with van der Waals surface area (Å²) in [6.45, 7) is 2.04. The third kappa shape index (κ3) is 5.08. The first kappa shape index (κ1) is 18.0. The predicted octanol–water partition coefficient (Wildman–Crippen LogP) is 3.51. The molecule has 2 N–H and O–H groups in total. The number of ether oxygens (including phenoxy) is 1. The zero-order valence-corrected chi connectivity index (χ0v) is 14.0. The minimum Gasteiger partial charge on any atom is -0.487 e. The summed E-state index contributed by atoms with van der Waals surface area (Å²) in [6, 6.07) is 4.64. The molecule has 4 nitrogen and oxygen atoms in total. The van der Waals surface area contributed by atoms with Crippen molar-refractivity contribution in [3.05, 3.63) is 24.0 Å². The molecule has 1 heterocycles. The van der Waals surface area contributed by atoms with Gasteiger partial charge < -0.3 is 15.4 Å². The van der Waals surface area contributed by atoms with Crippen LogP contribution in [0.5, 0.6) is 5.75 Å². The predicted molar refractivity (Wildman–Crippen MR) is 90.8 cm³/mol. The number of nitrogens with one attached hydrogen (secondary N) is 2. The van der Waals surface area contributed by atoms with Crippen LogP contribution in [-0.4, -0.2) is 25.1 Å². The van der Waals surface area contributed by atoms with Gasteiger partial charge in [0.2, 0.25) is 5.91 Å². The Kier molecular flexibility index (Phi) is 6.66. The number of halogens is 2. The average molecular weight is 343 g/mol. The minimum absolute atomic E-state index is 0. The van der Waals surface area contributed by atoms with Crippen LogP contribution in [0.15, 0.2) is 18.2 Å². The second-order valence-electron chi connectivity index (χ2n) is 6.26. The van der Waals surface area contributed by atoms with Crippen molar-refractivity contribution in [2.24, 2.45) is 5.92 Å². The molecule has 23 heavy (non-hydrogen) atoms. The number of carbonyl (C=O) groups is 1. The molecule has 0 spiro atoms. The normalized spacial score (nSPS) is 20.5. The molecule has 1 saturated heterocycles. The van der Waals surface area contributed by atoms with Crippen molar-refractivity contribution in [2.75, 3.05) is 18.4 Å². The van der Waals surface area contributed by atoms with E-state index in [9.17, 15) is 9.18 Å². The fourth-order valence-corrected chi connectivity index (χ4v) is 2.86. The van der Waals surface area contributed by atoms with E-state index >= 15 is 0 Å². The summed E-state index contributed by atoms with van der Waals surface area (Å²) < 4.78 is 19.5. The molecule has 128 valence electrons. The summed E-state index contributed by atoms with van der Waals surface area (Å²) >= 11 is 0. The lowest BCUT2D eigenvalue weighted by molar-refractivity contribution is -0.116. The van der Waals surface area contributed by atoms with E-state index in [1.54, 1.807) is 12.1 Å². The van der Waals surface area contributed by atoms with E-state index in [2.05, 4.69) is 10.6 Å². The van der Waals surface area contributed by atoms with Crippen molar-refractivity contribution in [1.29, 1.82) is 0 Å². The van der Waals surface area contributed by atoms with Gasteiger partial charge in [0.05, 0.1) is 6.10 Å². The van der Waals surface area contributed by atoms with E-state index in [4.69, 9.17) is 4.74 Å². The van der Waals surface area contributed by atoms with Crippen LogP contribution in [0.2, 0.25) is 0 Å². The second kappa shape index (κ2) is 8.50. The van der Waals surface area contributed by atoms with E-state index in [1.807, 2.05) is 0 Å². The highest BCUT2D eigenvalue weighted by Crippen LogP contribution is 2.28. The van der Waals surface area contributed by atoms with Crippen LogP contribution in [0.25, 0.3) is 0 Å². The number of rotatable bonds is 6. The molecule has 1 unspecified atom stereocenters. The van der Waals surface area contributed by atoms with Crippen molar-refractivity contribution < 1.29 is 13.9 Å². The molecule has 1 aliphatic heterocycles. The molecule has 6 heteroatoms. The first-order valence-electron chi connectivity index (χ1n) is 8.17. The number of amides is 1. The lowest BCUT2D eigenvalue weighted by Crippen LogP contribution is -2.25. The zero-order chi connectivity index (χ0) is 15.4. The fourth-order valence-electron chi connectivity index (χ4n) is 2.86. The zero-order valence-electron chi connectivity index (χ0n) is 13.1. The monoisotopic (exact) mass is 342 g/mol. The Hall–Kier alpha value is -1.33. The lowest BCUT2D eigenvalue weighted by atomic mass is 9.96. The van der Waals surface area contributed by atoms with Crippen molar-refractivity contribution in [2.45, 2.75) is 44.6 Å². The summed E-state index contributed by atoms with van der Waals surface area (Å²) in [5, 5.41) is 6.05. The molecule has 1 saturated carbocycles. The molecular weight excluding hydrogens is 319 g/mol. The molecule has 0 radical (unpaired) electrons. The van der Waals surface area contributed by atoms with Gasteiger partial charge in [-0.05, 0) is 63.2 Å². The van der Waals surface area contributed by atoms with Crippen molar-refractivity contribution in [3.63, 3.8) is 0 Å². The smallest absolute Gasteiger partial charge is 0.224 e. The fraction of sp³-hybridized carbons (Fsp3) is 0.588. The summed E-state index contributed by atoms with van der Waals surface area (Å²) in [7, 11) is 0. The van der Waals surface area contributed by atoms with E-state index in [0.717, 1.165) is 45.2 Å². The summed E-state index contributed by atoms with van der Waals surface area (Å²) in [6.07, 6.45) is 5.78. The van der Waals surface area contributed by atoms with E-state index in [-0.39, 0.29) is 30.2 Å². The Morgan fingerprint density at radius 3 is 2.78 bits per heavy atom. The Morgan fingerprint density at radius 1 is 1.35 bits per heavy atom. The molecule has 0 aromatic heterocycles. The van der Waals surface area contributed by atoms with Gasteiger partial charge in [-0.3, -0.25) is 4.79 Å². The molecular formula is C17H24ClFN2O2. The third-order valence-electron chi connectivity index (χ3n) is 4.50. The van der Waals surface area contributed by atoms with Gasteiger partial charge in [-0.25, -0.2) is 4.39 Å². The number of anilines is 1. The lowest BCUT2D eigenvalue weighted by Gasteiger charge is -2.26. The third-order valence-corrected chi connectivity index (χ3v) is 4.50. The molecule has 3 rings (SSSR count). The van der Waals surface area contributed by atoms with Crippen LogP contribution in [0, 0.1) is 11.7 Å². The first-order chi connectivity index (χ1) is 10.7. The second-order valence-corrected chi connectivity index (χ2v) is 6.26. The van der Waals surface area contributed by atoms with Gasteiger partial charge in [0, 0.05) is 18.2 Å². The SMILES string of the molecule is Cl.O=C(CCC1CCNC1)Nc1ccc(OC2CCC2)c(F)c1. The van der Waals surface area contributed by atoms with Gasteiger partial charge in [0.1, 0.15) is 0 Å². The number of hydrogen-bond acceptors (Lipinski definition) is 3. The van der Waals surface area contributed by atoms with E-state index in [1.165, 1.54) is 6.07 Å². The minimum atomic E-state index is -0.412. The highest BCUT2D eigenvalue weighted by Gasteiger charge is 2.21. The summed E-state index contributed by atoms with van der Waals surface area (Å²) in [5.41, 5.74) is 0.494. The van der Waals surface area contributed by atoms with Crippen molar-refractivity contribution >= 4 is 24.0 Å². The standard InChI is InChI=1S/C17H23FN2O2.ClH/c18-15-10-13(5-6-16(15)22-14-2-1-3-14)20-17(21)7-4-12-8-9-19-11-12;/h5-6,10,12,14,19H,1-4,7-9,11H2,(H,20,21);1H. The molecule has 1 aliphatic carbocycles. The van der Waals surface area contributed by atoms with E-state index in [0.29, 0.717) is 18.0 Å². The number of hydrogen-bond donors (Lipinski definition) is 2. The number of benzene rings is 1. The van der Waals surface area contributed by atoms with Gasteiger partial charge >= 0.3 is 0 Å². The van der Waals surface area contributed by atoms with Gasteiger partial charge in [-0.15, -0.1) is 12.4 Å². The quantitative estimate of drug-likeness (QED) is 0.831. The summed E-state index contributed by atoms with van der Waals surface area (Å²) in [4.78, 5) is 11.9. The maximum atomic E-state index is 14.0. The van der Waals surface area contributed by atoms with Gasteiger partial charge in [-0.1, -0.05) is 0 Å². The van der Waals surface area contributed by atoms with Crippen LogP contribution in [-0.2, 0) is 4.79 Å². The van der Waals surface area contributed by atoms with Crippen LogP contribution in [0.1, 0.15) is 38.5 Å². The molecule has 2 fully saturated rings. The van der Waals surface area contributed by atoms with Crippen molar-refractivity contribution in [1.82, 2.24) is 5.32 Å². The molecule has 1 aromatic carbocycles. The highest BCUT2D eigenvalue weighted by atomic mass is 35.5. The first-order valence-corrected chi connectivity index (χ1v) is 8.17. The molecule has 1 atom stereocenters. The van der Waals surface area contributed by atoms with Crippen molar-refractivity contribution in [3.8, 4) is 5.75 Å². The topological polar surface area (TPSA) is 50.4 Å².